The fourth-order valence-corrected chi connectivity index (χ4v) is 3.55. The maximum absolute atomic E-state index is 12.4. The number of ketones is 1. The molecule has 0 unspecified atom stereocenters. The van der Waals surface area contributed by atoms with E-state index in [-0.39, 0.29) is 5.78 Å². The van der Waals surface area contributed by atoms with Gasteiger partial charge in [-0.3, -0.25) is 14.7 Å². The van der Waals surface area contributed by atoms with Gasteiger partial charge in [0.15, 0.2) is 5.78 Å². The molecule has 0 spiro atoms. The maximum Gasteiger partial charge on any atom is 0.152 e. The van der Waals surface area contributed by atoms with Crippen LogP contribution in [0.3, 0.4) is 0 Å². The number of carbonyl (C=O) groups is 1. The Hall–Kier alpha value is -2.66. The topological polar surface area (TPSA) is 59.0 Å². The molecule has 1 fully saturated rings. The van der Waals surface area contributed by atoms with Crippen molar-refractivity contribution in [2.24, 2.45) is 0 Å². The molecule has 4 rings (SSSR count). The number of rotatable bonds is 5. The van der Waals surface area contributed by atoms with Crippen LogP contribution in [0.5, 0.6) is 0 Å². The van der Waals surface area contributed by atoms with Crippen LogP contribution in [-0.4, -0.2) is 45.5 Å². The first kappa shape index (κ1) is 16.8. The minimum Gasteiger partial charge on any atom is -0.298 e. The Morgan fingerprint density at radius 1 is 0.923 bits per heavy atom. The van der Waals surface area contributed by atoms with Crippen LogP contribution in [0.25, 0.3) is 21.9 Å². The zero-order chi connectivity index (χ0) is 17.8. The molecule has 3 aromatic rings. The molecule has 132 valence electrons. The van der Waals surface area contributed by atoms with Gasteiger partial charge in [0, 0.05) is 22.8 Å². The third kappa shape index (κ3) is 3.94. The molecule has 5 nitrogen and oxygen atoms in total. The summed E-state index contributed by atoms with van der Waals surface area (Å²) in [6.45, 7) is 2.63. The van der Waals surface area contributed by atoms with E-state index >= 15 is 0 Å². The molecule has 5 heteroatoms. The number of pyridine rings is 1. The zero-order valence-electron chi connectivity index (χ0n) is 14.8. The molecule has 1 saturated heterocycles. The van der Waals surface area contributed by atoms with Gasteiger partial charge in [0.05, 0.1) is 25.4 Å². The van der Waals surface area contributed by atoms with Gasteiger partial charge in [0.2, 0.25) is 0 Å². The summed E-state index contributed by atoms with van der Waals surface area (Å²) in [6.07, 6.45) is 9.39. The summed E-state index contributed by atoms with van der Waals surface area (Å²) in [6, 6.07) is 10.2. The molecular formula is C21H22N4O. The Bertz CT molecular complexity index is 904. The lowest BCUT2D eigenvalue weighted by Crippen LogP contribution is -2.35. The number of Topliss-reactive ketones (excluding diaryl/α,β-unsaturated/α-hetero) is 1. The monoisotopic (exact) mass is 346 g/mol. The second-order valence-electron chi connectivity index (χ2n) is 6.92. The highest BCUT2D eigenvalue weighted by Crippen LogP contribution is 2.24. The van der Waals surface area contributed by atoms with E-state index in [0.717, 1.165) is 40.7 Å². The number of hydrogen-bond acceptors (Lipinski definition) is 5. The van der Waals surface area contributed by atoms with E-state index in [4.69, 9.17) is 0 Å². The Morgan fingerprint density at radius 2 is 1.81 bits per heavy atom. The predicted molar refractivity (Wildman–Crippen MR) is 102 cm³/mol. The van der Waals surface area contributed by atoms with Gasteiger partial charge in [-0.1, -0.05) is 18.6 Å². The second kappa shape index (κ2) is 7.70. The summed E-state index contributed by atoms with van der Waals surface area (Å²) in [5, 5.41) is 9.93. The van der Waals surface area contributed by atoms with Crippen molar-refractivity contribution in [3.05, 3.63) is 54.6 Å². The van der Waals surface area contributed by atoms with Crippen molar-refractivity contribution in [1.82, 2.24) is 20.1 Å². The molecule has 0 N–H and O–H groups in total. The largest absolute Gasteiger partial charge is 0.298 e. The summed E-state index contributed by atoms with van der Waals surface area (Å²) in [4.78, 5) is 19.2. The van der Waals surface area contributed by atoms with Crippen LogP contribution in [0.4, 0.5) is 0 Å². The fourth-order valence-electron chi connectivity index (χ4n) is 3.55. The van der Waals surface area contributed by atoms with Crippen LogP contribution in [0.2, 0.25) is 0 Å². The highest BCUT2D eigenvalue weighted by atomic mass is 16.1. The van der Waals surface area contributed by atoms with Crippen LogP contribution in [0.15, 0.2) is 48.9 Å². The van der Waals surface area contributed by atoms with Crippen molar-refractivity contribution >= 4 is 16.6 Å². The first-order valence-corrected chi connectivity index (χ1v) is 9.18. The van der Waals surface area contributed by atoms with Crippen LogP contribution in [0, 0.1) is 0 Å². The first-order chi connectivity index (χ1) is 12.8. The molecule has 1 aliphatic rings. The van der Waals surface area contributed by atoms with Crippen molar-refractivity contribution in [3.8, 4) is 11.1 Å². The van der Waals surface area contributed by atoms with Crippen molar-refractivity contribution in [3.63, 3.8) is 0 Å². The van der Waals surface area contributed by atoms with Gasteiger partial charge in [-0.2, -0.15) is 10.2 Å². The predicted octanol–water partition coefficient (Wildman–Crippen LogP) is 3.29. The number of carbonyl (C=O) groups excluding carboxylic acids is 1. The Balaban J connectivity index is 1.51. The van der Waals surface area contributed by atoms with Gasteiger partial charge in [0.25, 0.3) is 0 Å². The molecule has 1 aromatic carbocycles. The minimum atomic E-state index is 0.244. The second-order valence-corrected chi connectivity index (χ2v) is 6.92. The Morgan fingerprint density at radius 3 is 2.62 bits per heavy atom. The molecule has 0 aliphatic carbocycles. The average Bonchev–Trinajstić information content (AvgIpc) is 2.69. The van der Waals surface area contributed by atoms with Crippen molar-refractivity contribution in [2.75, 3.05) is 19.6 Å². The molecule has 3 heterocycles. The maximum atomic E-state index is 12.4. The average molecular weight is 346 g/mol. The SMILES string of the molecule is O=C(Cc1cc2cc(-c3ccnnc3)ccc2cn1)CN1CCCCC1. The van der Waals surface area contributed by atoms with Crippen LogP contribution in [-0.2, 0) is 11.2 Å². The molecule has 0 bridgehead atoms. The molecule has 0 saturated carbocycles. The summed E-state index contributed by atoms with van der Waals surface area (Å²) in [5.74, 6) is 0.244. The van der Waals surface area contributed by atoms with Crippen molar-refractivity contribution in [2.45, 2.75) is 25.7 Å². The van der Waals surface area contributed by atoms with Gasteiger partial charge < -0.3 is 0 Å². The van der Waals surface area contributed by atoms with Gasteiger partial charge >= 0.3 is 0 Å². The lowest BCUT2D eigenvalue weighted by Gasteiger charge is -2.25. The summed E-state index contributed by atoms with van der Waals surface area (Å²) >= 11 is 0. The fraction of sp³-hybridized carbons (Fsp3) is 0.333. The van der Waals surface area contributed by atoms with E-state index in [1.807, 2.05) is 18.3 Å². The van der Waals surface area contributed by atoms with Gasteiger partial charge in [-0.05, 0) is 55.1 Å². The highest BCUT2D eigenvalue weighted by Gasteiger charge is 2.14. The standard InChI is InChI=1S/C21H22N4O/c26-21(15-25-8-2-1-3-9-25)12-20-11-19-10-16(4-5-17(19)13-22-20)18-6-7-23-24-14-18/h4-7,10-11,13-14H,1-3,8-9,12,15H2. The third-order valence-corrected chi connectivity index (χ3v) is 4.92. The summed E-state index contributed by atoms with van der Waals surface area (Å²) in [5.41, 5.74) is 2.95. The lowest BCUT2D eigenvalue weighted by atomic mass is 10.0. The Kier molecular flexibility index (Phi) is 4.97. The molecule has 0 amide bonds. The number of hydrogen-bond donors (Lipinski definition) is 0. The molecule has 0 atom stereocenters. The number of piperidine rings is 1. The van der Waals surface area contributed by atoms with E-state index < -0.39 is 0 Å². The number of benzene rings is 1. The number of likely N-dealkylation sites (tertiary alicyclic amines) is 1. The van der Waals surface area contributed by atoms with Gasteiger partial charge in [-0.15, -0.1) is 0 Å². The zero-order valence-corrected chi connectivity index (χ0v) is 14.8. The molecule has 2 aromatic heterocycles. The molecule has 26 heavy (non-hydrogen) atoms. The van der Waals surface area contributed by atoms with E-state index in [9.17, 15) is 4.79 Å². The lowest BCUT2D eigenvalue weighted by molar-refractivity contribution is -0.119. The van der Waals surface area contributed by atoms with Crippen LogP contribution >= 0.6 is 0 Å². The van der Waals surface area contributed by atoms with Crippen molar-refractivity contribution in [1.29, 1.82) is 0 Å². The van der Waals surface area contributed by atoms with E-state index in [2.05, 4.69) is 38.3 Å². The minimum absolute atomic E-state index is 0.244. The number of aromatic nitrogens is 3. The highest BCUT2D eigenvalue weighted by molar-refractivity contribution is 5.88. The number of fused-ring (bicyclic) bond motifs is 1. The van der Waals surface area contributed by atoms with Gasteiger partial charge in [0.1, 0.15) is 0 Å². The third-order valence-electron chi connectivity index (χ3n) is 4.92. The Labute approximate surface area is 153 Å². The smallest absolute Gasteiger partial charge is 0.152 e. The van der Waals surface area contributed by atoms with Crippen molar-refractivity contribution < 1.29 is 4.79 Å². The molecule has 0 radical (unpaired) electrons. The quantitative estimate of drug-likeness (QED) is 0.709. The molecular weight excluding hydrogens is 324 g/mol. The van der Waals surface area contributed by atoms with E-state index in [1.54, 1.807) is 12.4 Å². The summed E-state index contributed by atoms with van der Waals surface area (Å²) < 4.78 is 0. The van der Waals surface area contributed by atoms with E-state index in [1.165, 1.54) is 19.3 Å². The van der Waals surface area contributed by atoms with Crippen LogP contribution < -0.4 is 0 Å². The van der Waals surface area contributed by atoms with E-state index in [0.29, 0.717) is 13.0 Å². The number of nitrogens with zero attached hydrogens (tertiary/aromatic N) is 4. The van der Waals surface area contributed by atoms with Gasteiger partial charge in [-0.25, -0.2) is 0 Å². The first-order valence-electron chi connectivity index (χ1n) is 9.18. The molecule has 1 aliphatic heterocycles. The normalized spacial score (nSPS) is 15.2. The van der Waals surface area contributed by atoms with Crippen LogP contribution in [0.1, 0.15) is 25.0 Å². The summed E-state index contributed by atoms with van der Waals surface area (Å²) in [7, 11) is 0.